The minimum absolute atomic E-state index is 0.262. The smallest absolute Gasteiger partial charge is 0.432 e. The third kappa shape index (κ3) is 3.01. The predicted octanol–water partition coefficient (Wildman–Crippen LogP) is 2.71. The van der Waals surface area contributed by atoms with Crippen LogP contribution in [-0.2, 0) is 11.3 Å². The maximum atomic E-state index is 13.0. The summed E-state index contributed by atoms with van der Waals surface area (Å²) >= 11 is 0. The van der Waals surface area contributed by atoms with Crippen molar-refractivity contribution in [1.82, 2.24) is 24.6 Å². The van der Waals surface area contributed by atoms with Gasteiger partial charge in [0, 0.05) is 24.2 Å². The van der Waals surface area contributed by atoms with Crippen molar-refractivity contribution < 1.29 is 14.7 Å². The normalized spacial score (nSPS) is 15.7. The van der Waals surface area contributed by atoms with Crippen molar-refractivity contribution in [3.05, 3.63) is 66.7 Å². The second kappa shape index (κ2) is 7.12. The standard InChI is InChI=1S/C21H18N6O3/c28-20(25-15-7-6-14-11-24-27(21(29)30)16(14)10-15)18-19-23-12-17(26(19)9-8-22-18)13-4-2-1-3-5-13/h1-7,10-12,18,22H,8-9H2,(H,25,28)(H,29,30). The first kappa shape index (κ1) is 18.1. The molecule has 0 bridgehead atoms. The summed E-state index contributed by atoms with van der Waals surface area (Å²) < 4.78 is 2.93. The molecule has 0 saturated heterocycles. The van der Waals surface area contributed by atoms with Gasteiger partial charge in [-0.2, -0.15) is 9.78 Å². The number of hydrogen-bond donors (Lipinski definition) is 3. The number of imidazole rings is 1. The SMILES string of the molecule is O=C(Nc1ccc2cnn(C(=O)O)c2c1)C1NCCn2c(-c3ccccc3)cnc21. The summed E-state index contributed by atoms with van der Waals surface area (Å²) in [6, 6.07) is 14.4. The van der Waals surface area contributed by atoms with E-state index in [2.05, 4.69) is 25.3 Å². The maximum Gasteiger partial charge on any atom is 0.432 e. The molecule has 0 aliphatic carbocycles. The number of anilines is 1. The number of aromatic nitrogens is 4. The lowest BCUT2D eigenvalue weighted by Crippen LogP contribution is -2.41. The molecule has 1 atom stereocenters. The molecule has 1 unspecified atom stereocenters. The maximum absolute atomic E-state index is 13.0. The van der Waals surface area contributed by atoms with Crippen LogP contribution in [0.3, 0.4) is 0 Å². The van der Waals surface area contributed by atoms with Gasteiger partial charge in [-0.1, -0.05) is 30.3 Å². The average Bonchev–Trinajstić information content (AvgIpc) is 3.38. The average molecular weight is 402 g/mol. The Kier molecular flexibility index (Phi) is 4.29. The molecule has 9 nitrogen and oxygen atoms in total. The number of rotatable bonds is 3. The Morgan fingerprint density at radius 1 is 1.13 bits per heavy atom. The zero-order valence-electron chi connectivity index (χ0n) is 15.8. The number of amides is 1. The lowest BCUT2D eigenvalue weighted by molar-refractivity contribution is -0.118. The van der Waals surface area contributed by atoms with E-state index < -0.39 is 12.1 Å². The van der Waals surface area contributed by atoms with Gasteiger partial charge in [0.25, 0.3) is 0 Å². The molecule has 3 N–H and O–H groups in total. The summed E-state index contributed by atoms with van der Waals surface area (Å²) in [6.07, 6.45) is 2.08. The van der Waals surface area contributed by atoms with Crippen LogP contribution in [0.25, 0.3) is 22.2 Å². The second-order valence-electron chi connectivity index (χ2n) is 7.01. The van der Waals surface area contributed by atoms with Crippen molar-refractivity contribution in [2.75, 3.05) is 11.9 Å². The van der Waals surface area contributed by atoms with Crippen LogP contribution in [0.1, 0.15) is 11.9 Å². The van der Waals surface area contributed by atoms with Crippen LogP contribution < -0.4 is 10.6 Å². The molecule has 5 rings (SSSR count). The van der Waals surface area contributed by atoms with Gasteiger partial charge >= 0.3 is 6.09 Å². The molecule has 0 radical (unpaired) electrons. The van der Waals surface area contributed by atoms with Crippen LogP contribution in [0.15, 0.2) is 60.9 Å². The molecule has 9 heteroatoms. The summed E-state index contributed by atoms with van der Waals surface area (Å²) in [6.45, 7) is 1.35. The highest BCUT2D eigenvalue weighted by molar-refractivity contribution is 5.98. The Bertz CT molecular complexity index is 1260. The highest BCUT2D eigenvalue weighted by Crippen LogP contribution is 2.27. The summed E-state index contributed by atoms with van der Waals surface area (Å²) in [7, 11) is 0. The van der Waals surface area contributed by atoms with Gasteiger partial charge in [0.15, 0.2) is 0 Å². The van der Waals surface area contributed by atoms with Crippen molar-refractivity contribution in [2.24, 2.45) is 0 Å². The number of nitrogens with zero attached hydrogens (tertiary/aromatic N) is 4. The third-order valence-corrected chi connectivity index (χ3v) is 5.18. The fraction of sp³-hybridized carbons (Fsp3) is 0.143. The van der Waals surface area contributed by atoms with Crippen molar-refractivity contribution >= 4 is 28.6 Å². The van der Waals surface area contributed by atoms with Gasteiger partial charge in [-0.05, 0) is 23.8 Å². The highest BCUT2D eigenvalue weighted by Gasteiger charge is 2.30. The largest absolute Gasteiger partial charge is 0.463 e. The second-order valence-corrected chi connectivity index (χ2v) is 7.01. The molecule has 0 fully saturated rings. The quantitative estimate of drug-likeness (QED) is 0.486. The number of fused-ring (bicyclic) bond motifs is 2. The monoisotopic (exact) mass is 402 g/mol. The minimum atomic E-state index is -1.18. The van der Waals surface area contributed by atoms with Crippen LogP contribution in [0.5, 0.6) is 0 Å². The molecule has 1 aliphatic rings. The van der Waals surface area contributed by atoms with E-state index in [4.69, 9.17) is 0 Å². The first-order chi connectivity index (χ1) is 14.6. The first-order valence-corrected chi connectivity index (χ1v) is 9.48. The zero-order valence-corrected chi connectivity index (χ0v) is 15.8. The van der Waals surface area contributed by atoms with Crippen molar-refractivity contribution in [1.29, 1.82) is 0 Å². The van der Waals surface area contributed by atoms with Crippen LogP contribution in [0.2, 0.25) is 0 Å². The van der Waals surface area contributed by atoms with E-state index in [1.54, 1.807) is 24.4 Å². The van der Waals surface area contributed by atoms with Gasteiger partial charge in [-0.25, -0.2) is 9.78 Å². The lowest BCUT2D eigenvalue weighted by atomic mass is 10.1. The van der Waals surface area contributed by atoms with E-state index in [1.807, 2.05) is 30.3 Å². The number of benzene rings is 2. The van der Waals surface area contributed by atoms with Gasteiger partial charge < -0.3 is 15.0 Å². The predicted molar refractivity (Wildman–Crippen MR) is 110 cm³/mol. The van der Waals surface area contributed by atoms with Crippen LogP contribution in [0, 0.1) is 0 Å². The third-order valence-electron chi connectivity index (χ3n) is 5.18. The minimum Gasteiger partial charge on any atom is -0.463 e. The lowest BCUT2D eigenvalue weighted by Gasteiger charge is -2.25. The Balaban J connectivity index is 1.43. The molecule has 2 aromatic heterocycles. The molecule has 1 amide bonds. The fourth-order valence-corrected chi connectivity index (χ4v) is 3.78. The van der Waals surface area contributed by atoms with Gasteiger partial charge in [-0.15, -0.1) is 0 Å². The molecule has 0 spiro atoms. The summed E-state index contributed by atoms with van der Waals surface area (Å²) in [5.74, 6) is 0.385. The molecule has 4 aromatic rings. The number of carbonyl (C=O) groups is 2. The van der Waals surface area contributed by atoms with Gasteiger partial charge in [0.05, 0.1) is 23.6 Å². The molecule has 1 aliphatic heterocycles. The molecule has 30 heavy (non-hydrogen) atoms. The molecule has 3 heterocycles. The fourth-order valence-electron chi connectivity index (χ4n) is 3.78. The molecular formula is C21H18N6O3. The number of nitrogens with one attached hydrogen (secondary N) is 2. The number of carbonyl (C=O) groups excluding carboxylic acids is 1. The van der Waals surface area contributed by atoms with E-state index in [9.17, 15) is 14.7 Å². The number of carboxylic acid groups (broad SMARTS) is 1. The zero-order chi connectivity index (χ0) is 20.7. The highest BCUT2D eigenvalue weighted by atomic mass is 16.4. The van der Waals surface area contributed by atoms with E-state index in [-0.39, 0.29) is 5.91 Å². The summed E-state index contributed by atoms with van der Waals surface area (Å²) in [5, 5.41) is 19.8. The molecule has 2 aromatic carbocycles. The van der Waals surface area contributed by atoms with Crippen molar-refractivity contribution in [3.8, 4) is 11.3 Å². The van der Waals surface area contributed by atoms with Gasteiger partial charge in [0.1, 0.15) is 11.9 Å². The molecule has 0 saturated carbocycles. The van der Waals surface area contributed by atoms with Crippen molar-refractivity contribution in [2.45, 2.75) is 12.6 Å². The van der Waals surface area contributed by atoms with E-state index in [1.165, 1.54) is 6.20 Å². The van der Waals surface area contributed by atoms with Crippen molar-refractivity contribution in [3.63, 3.8) is 0 Å². The van der Waals surface area contributed by atoms with Crippen LogP contribution >= 0.6 is 0 Å². The summed E-state index contributed by atoms with van der Waals surface area (Å²) in [5.41, 5.74) is 2.91. The summed E-state index contributed by atoms with van der Waals surface area (Å²) in [4.78, 5) is 28.8. The molecule has 150 valence electrons. The van der Waals surface area contributed by atoms with Gasteiger partial charge in [-0.3, -0.25) is 10.1 Å². The topological polar surface area (TPSA) is 114 Å². The number of hydrogen-bond acceptors (Lipinski definition) is 5. The Morgan fingerprint density at radius 2 is 1.97 bits per heavy atom. The van der Waals surface area contributed by atoms with E-state index in [0.29, 0.717) is 35.5 Å². The Labute approximate surface area is 171 Å². The Hall–Kier alpha value is -3.98. The molecular weight excluding hydrogens is 384 g/mol. The van der Waals surface area contributed by atoms with Crippen LogP contribution in [0.4, 0.5) is 10.5 Å². The van der Waals surface area contributed by atoms with E-state index >= 15 is 0 Å². The van der Waals surface area contributed by atoms with Gasteiger partial charge in [0.2, 0.25) is 5.91 Å². The Morgan fingerprint density at radius 3 is 2.77 bits per heavy atom. The first-order valence-electron chi connectivity index (χ1n) is 9.48. The van der Waals surface area contributed by atoms with E-state index in [0.717, 1.165) is 15.9 Å². The van der Waals surface area contributed by atoms with Crippen LogP contribution in [-0.4, -0.2) is 43.0 Å².